The monoisotopic (exact) mass is 410 g/mol. The summed E-state index contributed by atoms with van der Waals surface area (Å²) in [5.74, 6) is 3.31. The predicted octanol–water partition coefficient (Wildman–Crippen LogP) is 4.59. The molecule has 102 valence electrons. The van der Waals surface area contributed by atoms with E-state index in [1.54, 1.807) is 12.1 Å². The van der Waals surface area contributed by atoms with Crippen molar-refractivity contribution in [3.8, 4) is 0 Å². The van der Waals surface area contributed by atoms with E-state index in [2.05, 4.69) is 9.55 Å². The Kier molecular flexibility index (Phi) is 4.24. The summed E-state index contributed by atoms with van der Waals surface area (Å²) >= 11 is 9.96. The zero-order valence-corrected chi connectivity index (χ0v) is 13.9. The van der Waals surface area contributed by atoms with Crippen molar-refractivity contribution in [2.45, 2.75) is 24.8 Å². The van der Waals surface area contributed by atoms with Crippen LogP contribution < -0.4 is 0 Å². The molecule has 1 saturated heterocycles. The molecule has 0 amide bonds. The van der Waals surface area contributed by atoms with Crippen LogP contribution in [0.15, 0.2) is 12.1 Å². The average molecular weight is 411 g/mol. The fourth-order valence-corrected chi connectivity index (χ4v) is 4.33. The summed E-state index contributed by atoms with van der Waals surface area (Å²) in [6.07, 6.45) is 2.32. The van der Waals surface area contributed by atoms with E-state index in [0.717, 1.165) is 29.0 Å². The van der Waals surface area contributed by atoms with Crippen LogP contribution in [0.1, 0.15) is 24.7 Å². The van der Waals surface area contributed by atoms with Crippen LogP contribution in [0.2, 0.25) is 0 Å². The molecule has 0 bridgehead atoms. The topological polar surface area (TPSA) is 17.8 Å². The summed E-state index contributed by atoms with van der Waals surface area (Å²) in [7, 11) is 0. The number of thioether (sulfide) groups is 1. The molecule has 1 aliphatic rings. The van der Waals surface area contributed by atoms with Gasteiger partial charge in [0.05, 0.1) is 20.5 Å². The second-order valence-electron chi connectivity index (χ2n) is 4.66. The van der Waals surface area contributed by atoms with Crippen molar-refractivity contribution in [3.63, 3.8) is 0 Å². The zero-order chi connectivity index (χ0) is 13.4. The molecule has 0 N–H and O–H groups in total. The highest BCUT2D eigenvalue weighted by Crippen LogP contribution is 2.32. The van der Waals surface area contributed by atoms with E-state index in [9.17, 15) is 4.39 Å². The molecular formula is C13H13ClFIN2S. The summed E-state index contributed by atoms with van der Waals surface area (Å²) in [5, 5.41) is 0. The van der Waals surface area contributed by atoms with Crippen molar-refractivity contribution in [1.29, 1.82) is 0 Å². The first kappa shape index (κ1) is 13.9. The van der Waals surface area contributed by atoms with Gasteiger partial charge in [-0.05, 0) is 47.3 Å². The van der Waals surface area contributed by atoms with E-state index in [-0.39, 0.29) is 5.82 Å². The Balaban J connectivity index is 2.16. The lowest BCUT2D eigenvalue weighted by Crippen LogP contribution is -2.18. The Morgan fingerprint density at radius 2 is 2.37 bits per heavy atom. The molecule has 0 saturated carbocycles. The molecule has 1 atom stereocenters. The summed E-state index contributed by atoms with van der Waals surface area (Å²) in [6, 6.07) is 3.78. The third-order valence-corrected chi connectivity index (χ3v) is 5.69. The number of hydrogen-bond acceptors (Lipinski definition) is 2. The molecule has 0 aliphatic carbocycles. The predicted molar refractivity (Wildman–Crippen MR) is 87.6 cm³/mol. The second-order valence-corrected chi connectivity index (χ2v) is 7.24. The number of hydrogen-bond donors (Lipinski definition) is 0. The first-order valence-electron chi connectivity index (χ1n) is 6.20. The van der Waals surface area contributed by atoms with Gasteiger partial charge in [-0.15, -0.1) is 11.6 Å². The van der Waals surface area contributed by atoms with Gasteiger partial charge >= 0.3 is 0 Å². The summed E-state index contributed by atoms with van der Waals surface area (Å²) in [6.45, 7) is 0. The van der Waals surface area contributed by atoms with Gasteiger partial charge in [-0.1, -0.05) is 0 Å². The van der Waals surface area contributed by atoms with Gasteiger partial charge in [0.25, 0.3) is 0 Å². The highest BCUT2D eigenvalue weighted by Gasteiger charge is 2.22. The number of fused-ring (bicyclic) bond motifs is 1. The van der Waals surface area contributed by atoms with Crippen LogP contribution in [-0.2, 0) is 5.88 Å². The Morgan fingerprint density at radius 1 is 1.53 bits per heavy atom. The van der Waals surface area contributed by atoms with E-state index in [1.165, 1.54) is 12.2 Å². The van der Waals surface area contributed by atoms with Crippen LogP contribution >= 0.6 is 46.0 Å². The van der Waals surface area contributed by atoms with E-state index in [1.807, 2.05) is 34.4 Å². The maximum Gasteiger partial charge on any atom is 0.138 e. The average Bonchev–Trinajstić information content (AvgIpc) is 2.78. The Bertz CT molecular complexity index is 610. The molecule has 19 heavy (non-hydrogen) atoms. The molecule has 3 rings (SSSR count). The van der Waals surface area contributed by atoms with Gasteiger partial charge in [0.2, 0.25) is 0 Å². The van der Waals surface area contributed by atoms with Crippen LogP contribution in [0.25, 0.3) is 11.0 Å². The normalized spacial score (nSPS) is 20.1. The maximum atomic E-state index is 13.8. The third kappa shape index (κ3) is 2.61. The molecule has 2 nitrogen and oxygen atoms in total. The Labute approximate surface area is 134 Å². The molecule has 1 aromatic heterocycles. The third-order valence-electron chi connectivity index (χ3n) is 3.43. The number of imidazole rings is 1. The first-order valence-corrected chi connectivity index (χ1v) is 8.97. The first-order chi connectivity index (χ1) is 9.20. The van der Waals surface area contributed by atoms with Crippen LogP contribution in [0.3, 0.4) is 0 Å². The van der Waals surface area contributed by atoms with E-state index >= 15 is 0 Å². The summed E-state index contributed by atoms with van der Waals surface area (Å²) in [5.41, 5.74) is 1.72. The molecule has 2 heterocycles. The van der Waals surface area contributed by atoms with Crippen LogP contribution in [0.4, 0.5) is 4.39 Å². The number of nitrogens with zero attached hydrogens (tertiary/aromatic N) is 2. The largest absolute Gasteiger partial charge is 0.323 e. The van der Waals surface area contributed by atoms with Gasteiger partial charge < -0.3 is 4.57 Å². The van der Waals surface area contributed by atoms with Gasteiger partial charge in [0.15, 0.2) is 0 Å². The molecule has 1 unspecified atom stereocenters. The van der Waals surface area contributed by atoms with Crippen molar-refractivity contribution in [1.82, 2.24) is 9.55 Å². The van der Waals surface area contributed by atoms with Crippen LogP contribution in [0.5, 0.6) is 0 Å². The number of halogens is 3. The number of rotatable bonds is 2. The van der Waals surface area contributed by atoms with E-state index in [4.69, 9.17) is 11.6 Å². The van der Waals surface area contributed by atoms with Crippen LogP contribution in [-0.4, -0.2) is 21.1 Å². The number of alkyl halides is 1. The zero-order valence-electron chi connectivity index (χ0n) is 10.2. The van der Waals surface area contributed by atoms with Gasteiger partial charge in [0, 0.05) is 17.9 Å². The molecule has 0 radical (unpaired) electrons. The van der Waals surface area contributed by atoms with Crippen molar-refractivity contribution < 1.29 is 4.39 Å². The van der Waals surface area contributed by atoms with Gasteiger partial charge in [-0.25, -0.2) is 9.37 Å². The van der Waals surface area contributed by atoms with Gasteiger partial charge in [0.1, 0.15) is 11.6 Å². The standard InChI is InChI=1S/C13H13ClFIN2S/c14-6-13-17-11-5-10(16)9(15)4-12(11)18(13)8-2-1-3-19-7-8/h4-5,8H,1-3,6-7H2. The highest BCUT2D eigenvalue weighted by atomic mass is 127. The Morgan fingerprint density at radius 3 is 3.05 bits per heavy atom. The Hall–Kier alpha value is -0.0100. The van der Waals surface area contributed by atoms with E-state index < -0.39 is 0 Å². The molecule has 1 fully saturated rings. The van der Waals surface area contributed by atoms with Gasteiger partial charge in [-0.3, -0.25) is 0 Å². The minimum absolute atomic E-state index is 0.182. The second kappa shape index (κ2) is 5.77. The highest BCUT2D eigenvalue weighted by molar-refractivity contribution is 14.1. The number of aromatic nitrogens is 2. The fourth-order valence-electron chi connectivity index (χ4n) is 2.57. The van der Waals surface area contributed by atoms with Gasteiger partial charge in [-0.2, -0.15) is 11.8 Å². The lowest BCUT2D eigenvalue weighted by atomic mass is 10.1. The van der Waals surface area contributed by atoms with Crippen LogP contribution in [0, 0.1) is 9.39 Å². The van der Waals surface area contributed by atoms with E-state index in [0.29, 0.717) is 15.5 Å². The molecule has 0 spiro atoms. The van der Waals surface area contributed by atoms with Crippen molar-refractivity contribution in [2.75, 3.05) is 11.5 Å². The quantitative estimate of drug-likeness (QED) is 0.532. The summed E-state index contributed by atoms with van der Waals surface area (Å²) in [4.78, 5) is 4.56. The lowest BCUT2D eigenvalue weighted by Gasteiger charge is -2.25. The molecular weight excluding hydrogens is 398 g/mol. The van der Waals surface area contributed by atoms with Crippen molar-refractivity contribution in [3.05, 3.63) is 27.3 Å². The van der Waals surface area contributed by atoms with Crippen molar-refractivity contribution >= 4 is 57.0 Å². The molecule has 1 aromatic carbocycles. The lowest BCUT2D eigenvalue weighted by molar-refractivity contribution is 0.499. The number of benzene rings is 1. The minimum Gasteiger partial charge on any atom is -0.323 e. The SMILES string of the molecule is Fc1cc2c(cc1I)nc(CCl)n2C1CCCSC1. The fraction of sp³-hybridized carbons (Fsp3) is 0.462. The molecule has 6 heteroatoms. The molecule has 1 aliphatic heterocycles. The molecule has 2 aromatic rings. The maximum absolute atomic E-state index is 13.8. The minimum atomic E-state index is -0.182. The smallest absolute Gasteiger partial charge is 0.138 e. The summed E-state index contributed by atoms with van der Waals surface area (Å²) < 4.78 is 16.6. The van der Waals surface area contributed by atoms with Crippen molar-refractivity contribution in [2.24, 2.45) is 0 Å².